The van der Waals surface area contributed by atoms with Crippen molar-refractivity contribution in [2.24, 2.45) is 0 Å². The van der Waals surface area contributed by atoms with Crippen LogP contribution in [0.5, 0.6) is 0 Å². The van der Waals surface area contributed by atoms with Crippen LogP contribution in [-0.2, 0) is 28.9 Å². The van der Waals surface area contributed by atoms with Gasteiger partial charge in [-0.25, -0.2) is 4.18 Å². The summed E-state index contributed by atoms with van der Waals surface area (Å²) in [5.74, 6) is -0.679. The summed E-state index contributed by atoms with van der Waals surface area (Å²) in [5, 5.41) is 54.7. The van der Waals surface area contributed by atoms with E-state index in [-0.39, 0.29) is 6.42 Å². The first kappa shape index (κ1) is 62.6. The minimum absolute atomic E-state index is 0.259. The van der Waals surface area contributed by atoms with Crippen molar-refractivity contribution in [2.45, 2.75) is 288 Å². The van der Waals surface area contributed by atoms with Crippen molar-refractivity contribution >= 4 is 16.3 Å². The number of hydrogen-bond donors (Lipinski definition) is 7. The van der Waals surface area contributed by atoms with Gasteiger partial charge in [0.2, 0.25) is 5.91 Å². The zero-order valence-electron chi connectivity index (χ0n) is 41.6. The van der Waals surface area contributed by atoms with Gasteiger partial charge in [0.25, 0.3) is 0 Å². The highest BCUT2D eigenvalue weighted by atomic mass is 32.3. The van der Waals surface area contributed by atoms with Crippen molar-refractivity contribution in [2.75, 3.05) is 13.2 Å². The minimum Gasteiger partial charge on any atom is -0.394 e. The number of amides is 1. The lowest BCUT2D eigenvalue weighted by Crippen LogP contribution is -2.61. The molecule has 7 N–H and O–H groups in total. The Hall–Kier alpha value is -1.46. The summed E-state index contributed by atoms with van der Waals surface area (Å²) in [6.07, 6.45) is 39.7. The second-order valence-electron chi connectivity index (χ2n) is 19.0. The van der Waals surface area contributed by atoms with Crippen molar-refractivity contribution in [3.05, 3.63) is 24.3 Å². The number of nitrogens with one attached hydrogen (secondary N) is 1. The largest absolute Gasteiger partial charge is 0.397 e. The highest BCUT2D eigenvalue weighted by molar-refractivity contribution is 7.80. The molecule has 1 amide bonds. The molecule has 0 aromatic heterocycles. The number of carbonyl (C=O) groups is 1. The fraction of sp³-hybridized carbons (Fsp3) is 0.904. The number of unbranched alkanes of at least 4 members (excludes halogenated alkanes) is 29. The average Bonchev–Trinajstić information content (AvgIpc) is 3.29. The topological polar surface area (TPSA) is 212 Å². The second-order valence-corrected chi connectivity index (χ2v) is 20.0. The van der Waals surface area contributed by atoms with E-state index in [0.29, 0.717) is 19.3 Å². The quantitative estimate of drug-likeness (QED) is 0.0173. The SMILES string of the molecule is CCCCCCCCCCCCC/C=C\C/C=C\CCCCCCCCCCCCCCCCCCC(O)C(=O)NC(COC1OC(CO)C(O)C(OS(=O)(=O)O)C1O)C(O)CCCCC. The lowest BCUT2D eigenvalue weighted by molar-refractivity contribution is -0.298. The van der Waals surface area contributed by atoms with Crippen LogP contribution < -0.4 is 5.32 Å². The summed E-state index contributed by atoms with van der Waals surface area (Å²) in [4.78, 5) is 13.0. The lowest BCUT2D eigenvalue weighted by Gasteiger charge is -2.41. The molecule has 0 bridgehead atoms. The van der Waals surface area contributed by atoms with E-state index in [1.807, 2.05) is 6.92 Å². The fourth-order valence-electron chi connectivity index (χ4n) is 8.61. The van der Waals surface area contributed by atoms with Gasteiger partial charge in [-0.3, -0.25) is 9.35 Å². The number of hydrogen-bond acceptors (Lipinski definition) is 11. The van der Waals surface area contributed by atoms with Crippen LogP contribution >= 0.6 is 0 Å². The minimum atomic E-state index is -5.10. The summed E-state index contributed by atoms with van der Waals surface area (Å²) < 4.78 is 47.2. The molecule has 1 aliphatic rings. The highest BCUT2D eigenvalue weighted by Crippen LogP contribution is 2.26. The van der Waals surface area contributed by atoms with Crippen molar-refractivity contribution < 1.29 is 57.0 Å². The Morgan fingerprint density at radius 3 is 1.45 bits per heavy atom. The zero-order chi connectivity index (χ0) is 48.5. The Morgan fingerprint density at radius 2 is 1.02 bits per heavy atom. The number of aliphatic hydroxyl groups is 5. The molecule has 14 heteroatoms. The first-order valence-corrected chi connectivity index (χ1v) is 28.2. The number of ether oxygens (including phenoxy) is 2. The summed E-state index contributed by atoms with van der Waals surface area (Å²) in [5.41, 5.74) is 0. The highest BCUT2D eigenvalue weighted by Gasteiger charge is 2.48. The molecular weight excluding hydrogens is 863 g/mol. The van der Waals surface area contributed by atoms with Gasteiger partial charge in [0.1, 0.15) is 30.5 Å². The average molecular weight is 962 g/mol. The smallest absolute Gasteiger partial charge is 0.394 e. The first-order valence-electron chi connectivity index (χ1n) is 26.8. The van der Waals surface area contributed by atoms with E-state index in [9.17, 15) is 38.7 Å². The maximum atomic E-state index is 13.0. The second kappa shape index (κ2) is 42.4. The van der Waals surface area contributed by atoms with Crippen LogP contribution in [0.1, 0.15) is 239 Å². The van der Waals surface area contributed by atoms with Crippen LogP contribution in [0.3, 0.4) is 0 Å². The molecule has 390 valence electrons. The van der Waals surface area contributed by atoms with Gasteiger partial charge in [-0.1, -0.05) is 218 Å². The zero-order valence-corrected chi connectivity index (χ0v) is 42.4. The van der Waals surface area contributed by atoms with E-state index in [2.05, 4.69) is 40.7 Å². The van der Waals surface area contributed by atoms with E-state index < -0.39 is 78.5 Å². The molecule has 13 nitrogen and oxygen atoms in total. The van der Waals surface area contributed by atoms with Gasteiger partial charge in [0, 0.05) is 0 Å². The van der Waals surface area contributed by atoms with Crippen LogP contribution in [-0.4, -0.2) is 107 Å². The third-order valence-electron chi connectivity index (χ3n) is 12.9. The summed E-state index contributed by atoms with van der Waals surface area (Å²) in [7, 11) is -5.10. The van der Waals surface area contributed by atoms with Gasteiger partial charge in [0.05, 0.1) is 25.4 Å². The molecule has 0 spiro atoms. The van der Waals surface area contributed by atoms with Crippen LogP contribution in [0.4, 0.5) is 0 Å². The Bertz CT molecular complexity index is 1290. The maximum absolute atomic E-state index is 13.0. The van der Waals surface area contributed by atoms with Crippen molar-refractivity contribution in [1.82, 2.24) is 5.32 Å². The summed E-state index contributed by atoms with van der Waals surface area (Å²) in [6.45, 7) is 3.08. The Labute approximate surface area is 402 Å². The monoisotopic (exact) mass is 962 g/mol. The van der Waals surface area contributed by atoms with Gasteiger partial charge < -0.3 is 40.3 Å². The number of aliphatic hydroxyl groups excluding tert-OH is 5. The predicted molar refractivity (Wildman–Crippen MR) is 265 cm³/mol. The molecule has 8 unspecified atom stereocenters. The summed E-state index contributed by atoms with van der Waals surface area (Å²) in [6, 6.07) is -1.03. The molecule has 8 atom stereocenters. The first-order chi connectivity index (χ1) is 31.9. The summed E-state index contributed by atoms with van der Waals surface area (Å²) >= 11 is 0. The molecule has 1 aliphatic heterocycles. The molecule has 1 saturated heterocycles. The maximum Gasteiger partial charge on any atom is 0.397 e. The van der Waals surface area contributed by atoms with Crippen molar-refractivity contribution in [3.8, 4) is 0 Å². The van der Waals surface area contributed by atoms with E-state index in [1.54, 1.807) is 0 Å². The molecule has 0 aromatic rings. The Kier molecular flexibility index (Phi) is 40.2. The Morgan fingerprint density at radius 1 is 0.606 bits per heavy atom. The van der Waals surface area contributed by atoms with Crippen molar-refractivity contribution in [3.63, 3.8) is 0 Å². The van der Waals surface area contributed by atoms with E-state index in [4.69, 9.17) is 14.0 Å². The number of rotatable bonds is 46. The standard InChI is InChI=1S/C52H99NO12S/c1-3-5-7-8-9-10-11-12-13-14-15-16-17-18-19-20-21-22-23-24-25-26-27-28-29-30-31-32-33-34-35-36-37-39-41-46(56)51(59)53-44(45(55)40-38-6-4-2)43-63-52-49(58)50(65-66(60,61)62)48(57)47(42-54)64-52/h17-18,20-21,44-50,52,54-58H,3-16,19,22-43H2,1-2H3,(H,53,59)(H,60,61,62)/b18-17-,21-20-. The molecular formula is C52H99NO12S. The third-order valence-corrected chi connectivity index (χ3v) is 13.3. The molecule has 1 heterocycles. The van der Waals surface area contributed by atoms with Gasteiger partial charge in [-0.15, -0.1) is 0 Å². The van der Waals surface area contributed by atoms with Crippen molar-refractivity contribution in [1.29, 1.82) is 0 Å². The van der Waals surface area contributed by atoms with Crippen LogP contribution in [0.15, 0.2) is 24.3 Å². The van der Waals surface area contributed by atoms with Crippen LogP contribution in [0.25, 0.3) is 0 Å². The van der Waals surface area contributed by atoms with Gasteiger partial charge >= 0.3 is 10.4 Å². The predicted octanol–water partition coefficient (Wildman–Crippen LogP) is 10.6. The van der Waals surface area contributed by atoms with Gasteiger partial charge in [-0.2, -0.15) is 8.42 Å². The van der Waals surface area contributed by atoms with E-state index >= 15 is 0 Å². The van der Waals surface area contributed by atoms with Crippen LogP contribution in [0.2, 0.25) is 0 Å². The van der Waals surface area contributed by atoms with E-state index in [0.717, 1.165) is 38.5 Å². The van der Waals surface area contributed by atoms with E-state index in [1.165, 1.54) is 161 Å². The molecule has 66 heavy (non-hydrogen) atoms. The normalized spacial score (nSPS) is 20.6. The lowest BCUT2D eigenvalue weighted by atomic mass is 9.99. The molecule has 0 aromatic carbocycles. The fourth-order valence-corrected chi connectivity index (χ4v) is 9.12. The van der Waals surface area contributed by atoms with Crippen LogP contribution in [0, 0.1) is 0 Å². The number of carbonyl (C=O) groups excluding carboxylic acids is 1. The van der Waals surface area contributed by atoms with Gasteiger partial charge in [-0.05, 0) is 44.9 Å². The molecule has 0 saturated carbocycles. The molecule has 0 radical (unpaired) electrons. The number of allylic oxidation sites excluding steroid dienone is 4. The van der Waals surface area contributed by atoms with Gasteiger partial charge in [0.15, 0.2) is 6.29 Å². The molecule has 0 aliphatic carbocycles. The third kappa shape index (κ3) is 33.9. The Balaban J connectivity index is 2.08. The molecule has 1 fully saturated rings. The molecule has 1 rings (SSSR count).